The molecule has 0 bridgehead atoms. The normalized spacial score (nSPS) is 20.8. The number of fused-ring (bicyclic) bond motifs is 3. The lowest BCUT2D eigenvalue weighted by Crippen LogP contribution is -2.52. The highest BCUT2D eigenvalue weighted by molar-refractivity contribution is 6.65. The van der Waals surface area contributed by atoms with Gasteiger partial charge in [-0.25, -0.2) is 34.2 Å². The van der Waals surface area contributed by atoms with E-state index in [9.17, 15) is 19.5 Å². The van der Waals surface area contributed by atoms with Crippen LogP contribution in [0, 0.1) is 0 Å². The molecule has 1 saturated carbocycles. The molecule has 0 spiro atoms. The molecule has 1 aliphatic heterocycles. The summed E-state index contributed by atoms with van der Waals surface area (Å²) in [6, 6.07) is 8.71. The first kappa shape index (κ1) is 35.3. The van der Waals surface area contributed by atoms with Crippen LogP contribution >= 0.6 is 0 Å². The second-order valence-corrected chi connectivity index (χ2v) is 15.7. The minimum Gasteiger partial charge on any atom is -0.465 e. The quantitative estimate of drug-likeness (QED) is 0.228. The fraction of sp³-hybridized carbons (Fsp3) is 0.571. The van der Waals surface area contributed by atoms with Crippen molar-refractivity contribution < 1.29 is 38.3 Å². The van der Waals surface area contributed by atoms with Crippen LogP contribution < -0.4 is 10.4 Å². The molecule has 1 aromatic heterocycles. The summed E-state index contributed by atoms with van der Waals surface area (Å²) in [5, 5.41) is 12.8. The molecule has 2 aliphatic rings. The zero-order valence-electron chi connectivity index (χ0n) is 29.6. The zero-order valence-corrected chi connectivity index (χ0v) is 29.6. The maximum atomic E-state index is 13.2. The van der Waals surface area contributed by atoms with Gasteiger partial charge < -0.3 is 23.9 Å². The van der Waals surface area contributed by atoms with Gasteiger partial charge in [0.2, 0.25) is 5.95 Å². The molecule has 3 amide bonds. The van der Waals surface area contributed by atoms with E-state index in [1.54, 1.807) is 47.7 Å². The molecule has 0 atom stereocenters. The van der Waals surface area contributed by atoms with Crippen molar-refractivity contribution >= 4 is 58.5 Å². The van der Waals surface area contributed by atoms with Crippen LogP contribution in [0.15, 0.2) is 36.5 Å². The number of benzene rings is 2. The van der Waals surface area contributed by atoms with Crippen LogP contribution in [0.2, 0.25) is 0 Å². The van der Waals surface area contributed by atoms with Gasteiger partial charge in [0, 0.05) is 29.1 Å². The molecule has 13 heteroatoms. The first-order chi connectivity index (χ1) is 22.2. The first-order valence-electron chi connectivity index (χ1n) is 16.5. The molecular formula is C35H47BN4O8. The highest BCUT2D eigenvalue weighted by Crippen LogP contribution is 2.38. The molecule has 48 heavy (non-hydrogen) atoms. The van der Waals surface area contributed by atoms with Crippen LogP contribution in [0.5, 0.6) is 0 Å². The zero-order chi connectivity index (χ0) is 35.4. The van der Waals surface area contributed by atoms with Gasteiger partial charge >= 0.3 is 25.4 Å². The lowest BCUT2D eigenvalue weighted by atomic mass is 9.75. The third-order valence-electron chi connectivity index (χ3n) is 9.11. The number of hydrogen-bond acceptors (Lipinski definition) is 9. The number of hydrogen-bond donors (Lipinski definition) is 1. The number of carbonyl (C=O) groups excluding carboxylic acids is 2. The monoisotopic (exact) mass is 662 g/mol. The number of nitrogens with zero attached hydrogens (tertiary/aromatic N) is 4. The van der Waals surface area contributed by atoms with E-state index in [0.29, 0.717) is 31.2 Å². The standard InChI is InChI=1S/C35H47BN4O8/c1-32(2,3)45-30(43)40(31(44)46-33(4,5)6)23-17-15-22(16-18-23)39(29(41)42)28-37-20-21-19-26(36-47-34(7,8)35(9,10)48-36)24-13-11-12-14-25(24)27(21)38-28/h11-14,19-20,22-23H,15-18H2,1-10H3,(H,41,42)/t22-,23-. The molecule has 5 rings (SSSR count). The highest BCUT2D eigenvalue weighted by Gasteiger charge is 2.52. The number of amides is 3. The minimum absolute atomic E-state index is 0.0585. The van der Waals surface area contributed by atoms with Gasteiger partial charge in [0.25, 0.3) is 0 Å². The predicted octanol–water partition coefficient (Wildman–Crippen LogP) is 7.05. The lowest BCUT2D eigenvalue weighted by Gasteiger charge is -2.38. The van der Waals surface area contributed by atoms with Gasteiger partial charge in [-0.1, -0.05) is 30.3 Å². The third-order valence-corrected chi connectivity index (χ3v) is 9.11. The van der Waals surface area contributed by atoms with E-state index in [0.717, 1.165) is 26.5 Å². The van der Waals surface area contributed by atoms with Crippen molar-refractivity contribution in [3.05, 3.63) is 36.5 Å². The second kappa shape index (κ2) is 12.5. The second-order valence-electron chi connectivity index (χ2n) is 15.7. The molecule has 1 aliphatic carbocycles. The Kier molecular flexibility index (Phi) is 9.19. The average Bonchev–Trinajstić information content (AvgIpc) is 3.17. The number of imide groups is 1. The number of carbonyl (C=O) groups is 3. The molecule has 12 nitrogen and oxygen atoms in total. The number of carboxylic acid groups (broad SMARTS) is 1. The summed E-state index contributed by atoms with van der Waals surface area (Å²) in [6.07, 6.45) is 0.283. The Morgan fingerprint density at radius 2 is 1.35 bits per heavy atom. The van der Waals surface area contributed by atoms with Gasteiger partial charge in [-0.15, -0.1) is 0 Å². The van der Waals surface area contributed by atoms with Gasteiger partial charge in [0.05, 0.1) is 16.7 Å². The largest absolute Gasteiger partial charge is 0.495 e. The minimum atomic E-state index is -1.19. The maximum Gasteiger partial charge on any atom is 0.495 e. The van der Waals surface area contributed by atoms with Crippen molar-refractivity contribution in [2.45, 2.75) is 129 Å². The molecule has 0 unspecified atom stereocenters. The topological polar surface area (TPSA) is 141 Å². The van der Waals surface area contributed by atoms with Gasteiger partial charge in [-0.3, -0.25) is 0 Å². The van der Waals surface area contributed by atoms with Crippen molar-refractivity contribution in [1.29, 1.82) is 0 Å². The van der Waals surface area contributed by atoms with Crippen LogP contribution in [-0.2, 0) is 18.8 Å². The molecule has 2 heterocycles. The Morgan fingerprint density at radius 3 is 1.85 bits per heavy atom. The smallest absolute Gasteiger partial charge is 0.465 e. The molecule has 2 aromatic carbocycles. The van der Waals surface area contributed by atoms with Gasteiger partial charge in [0.1, 0.15) is 11.2 Å². The van der Waals surface area contributed by atoms with Crippen LogP contribution in [0.1, 0.15) is 94.9 Å². The van der Waals surface area contributed by atoms with Crippen molar-refractivity contribution in [3.63, 3.8) is 0 Å². The third kappa shape index (κ3) is 7.22. The summed E-state index contributed by atoms with van der Waals surface area (Å²) in [4.78, 5) is 50.7. The van der Waals surface area contributed by atoms with Crippen molar-refractivity contribution in [3.8, 4) is 0 Å². The number of aromatic nitrogens is 2. The van der Waals surface area contributed by atoms with E-state index in [-0.39, 0.29) is 5.95 Å². The number of ether oxygens (including phenoxy) is 2. The molecule has 258 valence electrons. The highest BCUT2D eigenvalue weighted by atomic mass is 16.7. The van der Waals surface area contributed by atoms with Gasteiger partial charge in [0.15, 0.2) is 0 Å². The van der Waals surface area contributed by atoms with E-state index in [2.05, 4.69) is 4.98 Å². The van der Waals surface area contributed by atoms with Crippen LogP contribution in [0.4, 0.5) is 20.3 Å². The van der Waals surface area contributed by atoms with Gasteiger partial charge in [-0.05, 0) is 106 Å². The van der Waals surface area contributed by atoms with Gasteiger partial charge in [-0.2, -0.15) is 0 Å². The summed E-state index contributed by atoms with van der Waals surface area (Å²) < 4.78 is 23.9. The van der Waals surface area contributed by atoms with Crippen LogP contribution in [0.3, 0.4) is 0 Å². The maximum absolute atomic E-state index is 13.2. The Morgan fingerprint density at radius 1 is 0.854 bits per heavy atom. The van der Waals surface area contributed by atoms with E-state index in [1.807, 2.05) is 58.0 Å². The van der Waals surface area contributed by atoms with E-state index >= 15 is 0 Å². The average molecular weight is 663 g/mol. The Balaban J connectivity index is 1.43. The lowest BCUT2D eigenvalue weighted by molar-refractivity contribution is -0.0112. The fourth-order valence-corrected chi connectivity index (χ4v) is 6.15. The summed E-state index contributed by atoms with van der Waals surface area (Å²) in [5.41, 5.74) is -1.23. The number of anilines is 1. The fourth-order valence-electron chi connectivity index (χ4n) is 6.15. The summed E-state index contributed by atoms with van der Waals surface area (Å²) in [5.74, 6) is 0.0585. The van der Waals surface area contributed by atoms with E-state index in [4.69, 9.17) is 23.8 Å². The summed E-state index contributed by atoms with van der Waals surface area (Å²) in [6.45, 7) is 18.4. The Labute approximate surface area is 282 Å². The number of rotatable bonds is 4. The van der Waals surface area contributed by atoms with Crippen LogP contribution in [0.25, 0.3) is 21.7 Å². The summed E-state index contributed by atoms with van der Waals surface area (Å²) >= 11 is 0. The van der Waals surface area contributed by atoms with Crippen molar-refractivity contribution in [1.82, 2.24) is 14.9 Å². The summed E-state index contributed by atoms with van der Waals surface area (Å²) in [7, 11) is -0.601. The van der Waals surface area contributed by atoms with E-state index in [1.165, 1.54) is 4.90 Å². The van der Waals surface area contributed by atoms with Crippen molar-refractivity contribution in [2.24, 2.45) is 0 Å². The molecule has 2 fully saturated rings. The SMILES string of the molecule is CC(C)(C)OC(=O)N(C(=O)OC(C)(C)C)[C@H]1CC[C@H](N(C(=O)O)c2ncc3cc(B4OC(C)(C)C(C)(C)O4)c4ccccc4c3n2)CC1. The van der Waals surface area contributed by atoms with Crippen LogP contribution in [-0.4, -0.2) is 79.9 Å². The van der Waals surface area contributed by atoms with E-state index < -0.39 is 59.9 Å². The molecular weight excluding hydrogens is 615 g/mol. The molecule has 1 N–H and O–H groups in total. The Bertz CT molecular complexity index is 1680. The van der Waals surface area contributed by atoms with Crippen molar-refractivity contribution in [2.75, 3.05) is 4.90 Å². The Hall–Kier alpha value is -3.97. The molecule has 3 aromatic rings. The molecule has 1 saturated heterocycles. The predicted molar refractivity (Wildman–Crippen MR) is 184 cm³/mol. The molecule has 0 radical (unpaired) electrons. The first-order valence-corrected chi connectivity index (χ1v) is 16.5.